The topological polar surface area (TPSA) is 47.8 Å². The van der Waals surface area contributed by atoms with Crippen LogP contribution in [0.4, 0.5) is 0 Å². The van der Waals surface area contributed by atoms with Gasteiger partial charge < -0.3 is 0 Å². The van der Waals surface area contributed by atoms with Gasteiger partial charge in [-0.2, -0.15) is 4.98 Å². The van der Waals surface area contributed by atoms with Gasteiger partial charge in [0.15, 0.2) is 0 Å². The maximum absolute atomic E-state index is 12.1. The van der Waals surface area contributed by atoms with Gasteiger partial charge in [-0.1, -0.05) is 32.0 Å². The molecule has 1 aliphatic heterocycles. The third kappa shape index (κ3) is 3.25. The van der Waals surface area contributed by atoms with Crippen molar-refractivity contribution in [1.29, 1.82) is 0 Å². The highest BCUT2D eigenvalue weighted by Gasteiger charge is 2.14. The van der Waals surface area contributed by atoms with Crippen LogP contribution in [0.3, 0.4) is 0 Å². The van der Waals surface area contributed by atoms with Crippen molar-refractivity contribution in [3.05, 3.63) is 56.9 Å². The van der Waals surface area contributed by atoms with Gasteiger partial charge in [0.2, 0.25) is 0 Å². The minimum absolute atomic E-state index is 0.210. The van der Waals surface area contributed by atoms with Crippen LogP contribution in [-0.4, -0.2) is 14.5 Å². The smallest absolute Gasteiger partial charge is 0.284 e. The predicted molar refractivity (Wildman–Crippen MR) is 89.5 cm³/mol. The molecule has 1 aromatic heterocycles. The second-order valence-electron chi connectivity index (χ2n) is 5.83. The van der Waals surface area contributed by atoms with Crippen LogP contribution in [0, 0.1) is 5.92 Å². The van der Waals surface area contributed by atoms with Crippen LogP contribution in [0.5, 0.6) is 0 Å². The van der Waals surface area contributed by atoms with E-state index in [9.17, 15) is 4.79 Å². The molecular weight excluding hydrogens is 294 g/mol. The van der Waals surface area contributed by atoms with Crippen LogP contribution >= 0.6 is 11.3 Å². The second kappa shape index (κ2) is 6.40. The van der Waals surface area contributed by atoms with Gasteiger partial charge in [0.1, 0.15) is 0 Å². The maximum Gasteiger partial charge on any atom is 0.349 e. The standard InChI is InChI=1S/C17H19N3OS/c1-12(2)8-9-16-18-13(11-22-16)10-20-15-7-5-3-4-6-14(15)19-17(20)21/h3-7,11-12H,8-10H2,1-2H3. The quantitative estimate of drug-likeness (QED) is 0.725. The van der Waals surface area contributed by atoms with Crippen LogP contribution in [-0.2, 0) is 13.0 Å². The van der Waals surface area contributed by atoms with Crippen LogP contribution in [0.1, 0.15) is 31.0 Å². The first-order valence-corrected chi connectivity index (χ1v) is 8.40. The van der Waals surface area contributed by atoms with Gasteiger partial charge in [-0.15, -0.1) is 11.3 Å². The summed E-state index contributed by atoms with van der Waals surface area (Å²) in [6, 6.07) is 9.54. The Kier molecular flexibility index (Phi) is 4.34. The molecule has 1 aromatic rings. The molecule has 2 heterocycles. The van der Waals surface area contributed by atoms with Crippen molar-refractivity contribution < 1.29 is 0 Å². The fraction of sp³-hybridized carbons (Fsp3) is 0.353. The largest absolute Gasteiger partial charge is 0.349 e. The molecule has 0 unspecified atom stereocenters. The molecular formula is C17H19N3OS. The van der Waals surface area contributed by atoms with E-state index in [4.69, 9.17) is 0 Å². The molecule has 0 radical (unpaired) electrons. The summed E-state index contributed by atoms with van der Waals surface area (Å²) in [5.74, 6) is 0.679. The number of hydrogen-bond acceptors (Lipinski definition) is 4. The Labute approximate surface area is 133 Å². The zero-order valence-corrected chi connectivity index (χ0v) is 13.6. The minimum Gasteiger partial charge on any atom is -0.284 e. The van der Waals surface area contributed by atoms with E-state index in [0.717, 1.165) is 34.9 Å². The van der Waals surface area contributed by atoms with Gasteiger partial charge in [0.05, 0.1) is 28.6 Å². The summed E-state index contributed by atoms with van der Waals surface area (Å²) in [6.45, 7) is 4.92. The first-order valence-electron chi connectivity index (χ1n) is 7.52. The van der Waals surface area contributed by atoms with E-state index in [1.54, 1.807) is 15.9 Å². The minimum atomic E-state index is -0.210. The highest BCUT2D eigenvalue weighted by Crippen LogP contribution is 2.19. The van der Waals surface area contributed by atoms with Crippen LogP contribution in [0.15, 0.2) is 40.5 Å². The number of rotatable bonds is 5. The van der Waals surface area contributed by atoms with Crippen molar-refractivity contribution in [3.8, 4) is 11.4 Å². The molecule has 22 heavy (non-hydrogen) atoms. The third-order valence-corrected chi connectivity index (χ3v) is 4.54. The molecule has 0 fully saturated rings. The number of imidazole rings is 1. The van der Waals surface area contributed by atoms with Crippen molar-refractivity contribution >= 4 is 11.3 Å². The molecule has 114 valence electrons. The lowest BCUT2D eigenvalue weighted by Crippen LogP contribution is -2.17. The van der Waals surface area contributed by atoms with E-state index < -0.39 is 0 Å². The monoisotopic (exact) mass is 313 g/mol. The molecule has 1 aliphatic carbocycles. The zero-order chi connectivity index (χ0) is 15.5. The van der Waals surface area contributed by atoms with Crippen molar-refractivity contribution in [2.75, 3.05) is 0 Å². The summed E-state index contributed by atoms with van der Waals surface area (Å²) in [4.78, 5) is 20.8. The Hall–Kier alpha value is -2.01. The molecule has 0 spiro atoms. The van der Waals surface area contributed by atoms with E-state index >= 15 is 0 Å². The van der Waals surface area contributed by atoms with Crippen molar-refractivity contribution in [3.63, 3.8) is 0 Å². The van der Waals surface area contributed by atoms with E-state index in [1.165, 1.54) is 0 Å². The molecule has 0 bridgehead atoms. The average Bonchev–Trinajstić information content (AvgIpc) is 2.96. The number of aromatic nitrogens is 3. The normalized spacial score (nSPS) is 11.4. The predicted octanol–water partition coefficient (Wildman–Crippen LogP) is 3.44. The van der Waals surface area contributed by atoms with E-state index in [1.807, 2.05) is 35.7 Å². The Bertz CT molecular complexity index is 791. The van der Waals surface area contributed by atoms with Crippen LogP contribution in [0.25, 0.3) is 11.4 Å². The molecule has 0 N–H and O–H groups in total. The summed E-state index contributed by atoms with van der Waals surface area (Å²) in [5.41, 5.74) is 2.31. The maximum atomic E-state index is 12.1. The Morgan fingerprint density at radius 2 is 2.00 bits per heavy atom. The summed E-state index contributed by atoms with van der Waals surface area (Å²) < 4.78 is 1.69. The van der Waals surface area contributed by atoms with Crippen molar-refractivity contribution in [2.45, 2.75) is 33.2 Å². The number of fused-ring (bicyclic) bond motifs is 1. The summed E-state index contributed by atoms with van der Waals surface area (Å²) in [7, 11) is 0. The molecule has 5 heteroatoms. The second-order valence-corrected chi connectivity index (χ2v) is 6.77. The molecule has 3 rings (SSSR count). The number of nitrogens with zero attached hydrogens (tertiary/aromatic N) is 3. The molecule has 0 saturated heterocycles. The van der Waals surface area contributed by atoms with Gasteiger partial charge in [0.25, 0.3) is 0 Å². The van der Waals surface area contributed by atoms with Gasteiger partial charge in [-0.25, -0.2) is 9.78 Å². The van der Waals surface area contributed by atoms with Gasteiger partial charge in [-0.05, 0) is 30.9 Å². The van der Waals surface area contributed by atoms with E-state index in [-0.39, 0.29) is 5.69 Å². The lowest BCUT2D eigenvalue weighted by Gasteiger charge is -2.02. The highest BCUT2D eigenvalue weighted by atomic mass is 32.1. The lowest BCUT2D eigenvalue weighted by atomic mass is 10.1. The molecule has 0 amide bonds. The van der Waals surface area contributed by atoms with Crippen molar-refractivity contribution in [2.24, 2.45) is 5.92 Å². The van der Waals surface area contributed by atoms with Gasteiger partial charge >= 0.3 is 5.69 Å². The Morgan fingerprint density at radius 3 is 2.82 bits per heavy atom. The summed E-state index contributed by atoms with van der Waals surface area (Å²) >= 11 is 1.68. The lowest BCUT2D eigenvalue weighted by molar-refractivity contribution is 0.584. The molecule has 0 atom stereocenters. The molecule has 4 nitrogen and oxygen atoms in total. The molecule has 2 aliphatic rings. The van der Waals surface area contributed by atoms with E-state index in [2.05, 4.69) is 23.8 Å². The number of thiazole rings is 1. The van der Waals surface area contributed by atoms with Gasteiger partial charge in [-0.3, -0.25) is 4.57 Å². The number of hydrogen-bond donors (Lipinski definition) is 0. The third-order valence-electron chi connectivity index (χ3n) is 3.59. The average molecular weight is 313 g/mol. The van der Waals surface area contributed by atoms with Crippen molar-refractivity contribution in [1.82, 2.24) is 14.5 Å². The van der Waals surface area contributed by atoms with Gasteiger partial charge in [0, 0.05) is 5.38 Å². The van der Waals surface area contributed by atoms with Crippen LogP contribution < -0.4 is 5.69 Å². The van der Waals surface area contributed by atoms with E-state index in [0.29, 0.717) is 12.5 Å². The highest BCUT2D eigenvalue weighted by molar-refractivity contribution is 7.09. The summed E-state index contributed by atoms with van der Waals surface area (Å²) in [6.07, 6.45) is 2.15. The molecule has 0 saturated carbocycles. The fourth-order valence-electron chi connectivity index (χ4n) is 2.38. The molecule has 0 aromatic carbocycles. The van der Waals surface area contributed by atoms with Crippen LogP contribution in [0.2, 0.25) is 0 Å². The summed E-state index contributed by atoms with van der Waals surface area (Å²) in [5, 5.41) is 3.19. The first kappa shape index (κ1) is 14.9. The number of aryl methyl sites for hydroxylation is 1. The fourth-order valence-corrected chi connectivity index (χ4v) is 3.19. The first-order chi connectivity index (χ1) is 10.6. The zero-order valence-electron chi connectivity index (χ0n) is 12.8. The Balaban J connectivity index is 1.83. The Morgan fingerprint density at radius 1 is 1.18 bits per heavy atom. The SMILES string of the molecule is CC(C)CCc1nc(Cn2c3cccccc-3nc2=O)cs1.